The van der Waals surface area contributed by atoms with Crippen LogP contribution in [0.2, 0.25) is 0 Å². The first kappa shape index (κ1) is 14.3. The summed E-state index contributed by atoms with van der Waals surface area (Å²) in [5, 5.41) is 7.23. The predicted octanol–water partition coefficient (Wildman–Crippen LogP) is -1.23. The van der Waals surface area contributed by atoms with Crippen LogP contribution in [-0.4, -0.2) is 32.8 Å². The highest BCUT2D eigenvalue weighted by molar-refractivity contribution is 7.89. The van der Waals surface area contributed by atoms with Crippen LogP contribution in [0, 0.1) is 0 Å². The normalized spacial score (nSPS) is 19.9. The van der Waals surface area contributed by atoms with E-state index in [2.05, 4.69) is 5.32 Å². The molecule has 0 aliphatic carbocycles. The highest BCUT2D eigenvalue weighted by Crippen LogP contribution is 2.26. The molecule has 1 fully saturated rings. The van der Waals surface area contributed by atoms with Crippen molar-refractivity contribution in [2.24, 2.45) is 5.14 Å². The summed E-state index contributed by atoms with van der Waals surface area (Å²) >= 11 is 0. The van der Waals surface area contributed by atoms with Crippen LogP contribution in [0.1, 0.15) is 6.92 Å². The van der Waals surface area contributed by atoms with E-state index in [4.69, 9.17) is 10.9 Å². The molecule has 8 nitrogen and oxygen atoms in total. The average Bonchev–Trinajstić information content (AvgIpc) is 2.32. The molecule has 0 bridgehead atoms. The van der Waals surface area contributed by atoms with Crippen molar-refractivity contribution in [3.8, 4) is 0 Å². The van der Waals surface area contributed by atoms with Gasteiger partial charge >= 0.3 is 0 Å². The monoisotopic (exact) mass is 298 g/mol. The molecule has 9 heteroatoms. The van der Waals surface area contributed by atoms with E-state index in [1.165, 1.54) is 23.1 Å². The summed E-state index contributed by atoms with van der Waals surface area (Å²) in [5.74, 6) is -0.850. The number of hydrogen-bond donors (Lipinski definition) is 3. The summed E-state index contributed by atoms with van der Waals surface area (Å²) in [7, 11) is -3.91. The topological polar surface area (TPSA) is 136 Å². The summed E-state index contributed by atoms with van der Waals surface area (Å²) < 4.78 is 22.6. The minimum absolute atomic E-state index is 0.0128. The smallest absolute Gasteiger partial charge is 0.249 e. The third kappa shape index (κ3) is 2.58. The number of nitrogen functional groups attached to an aromatic ring is 1. The van der Waals surface area contributed by atoms with Crippen LogP contribution in [-0.2, 0) is 19.6 Å². The molecule has 20 heavy (non-hydrogen) atoms. The van der Waals surface area contributed by atoms with Crippen LogP contribution in [0.4, 0.5) is 11.4 Å². The van der Waals surface area contributed by atoms with E-state index < -0.39 is 27.9 Å². The molecule has 1 atom stereocenters. The standard InChI is InChI=1S/C11H14N4O4S/c1-6-11(17)14-10(16)5-15(6)7-2-3-9(8(12)4-7)20(13,18)19/h2-4,6H,5,12H2,1H3,(H2,13,18,19)(H,14,16,17). The quantitative estimate of drug-likeness (QED) is 0.462. The van der Waals surface area contributed by atoms with Crippen molar-refractivity contribution in [2.45, 2.75) is 17.9 Å². The molecule has 1 aliphatic heterocycles. The number of nitrogens with two attached hydrogens (primary N) is 2. The average molecular weight is 298 g/mol. The molecule has 2 amide bonds. The van der Waals surface area contributed by atoms with Crippen LogP contribution < -0.4 is 21.1 Å². The molecule has 108 valence electrons. The minimum Gasteiger partial charge on any atom is -0.398 e. The van der Waals surface area contributed by atoms with Crippen molar-refractivity contribution in [3.63, 3.8) is 0 Å². The Labute approximate surface area is 115 Å². The van der Waals surface area contributed by atoms with Crippen LogP contribution in [0.5, 0.6) is 0 Å². The van der Waals surface area contributed by atoms with Gasteiger partial charge in [0.15, 0.2) is 0 Å². The first-order valence-corrected chi connectivity index (χ1v) is 7.27. The second-order valence-corrected chi connectivity index (χ2v) is 6.01. The lowest BCUT2D eigenvalue weighted by Gasteiger charge is -2.33. The van der Waals surface area contributed by atoms with Crippen LogP contribution >= 0.6 is 0 Å². The van der Waals surface area contributed by atoms with Gasteiger partial charge in [-0.05, 0) is 25.1 Å². The summed E-state index contributed by atoms with van der Waals surface area (Å²) in [6, 6.07) is 3.53. The van der Waals surface area contributed by atoms with Gasteiger partial charge < -0.3 is 10.6 Å². The maximum absolute atomic E-state index is 11.6. The van der Waals surface area contributed by atoms with Crippen LogP contribution in [0.3, 0.4) is 0 Å². The fourth-order valence-corrected chi connectivity index (χ4v) is 2.65. The van der Waals surface area contributed by atoms with Gasteiger partial charge in [-0.3, -0.25) is 14.9 Å². The van der Waals surface area contributed by atoms with Crippen molar-refractivity contribution in [1.82, 2.24) is 5.32 Å². The summed E-state index contributed by atoms with van der Waals surface area (Å²) in [6.45, 7) is 1.62. The Morgan fingerprint density at radius 3 is 2.55 bits per heavy atom. The number of nitrogens with zero attached hydrogens (tertiary/aromatic N) is 1. The molecule has 0 aromatic heterocycles. The molecular formula is C11H14N4O4S. The Balaban J connectivity index is 2.41. The van der Waals surface area contributed by atoms with E-state index in [1.54, 1.807) is 6.92 Å². The first-order chi connectivity index (χ1) is 9.20. The zero-order valence-electron chi connectivity index (χ0n) is 10.7. The third-order valence-corrected chi connectivity index (χ3v) is 4.04. The van der Waals surface area contributed by atoms with Crippen molar-refractivity contribution in [1.29, 1.82) is 0 Å². The lowest BCUT2D eigenvalue weighted by molar-refractivity contribution is -0.132. The highest BCUT2D eigenvalue weighted by atomic mass is 32.2. The van der Waals surface area contributed by atoms with Gasteiger partial charge in [-0.25, -0.2) is 13.6 Å². The van der Waals surface area contributed by atoms with E-state index in [0.717, 1.165) is 0 Å². The number of sulfonamides is 1. The Hall–Kier alpha value is -2.13. The van der Waals surface area contributed by atoms with Gasteiger partial charge in [0, 0.05) is 5.69 Å². The minimum atomic E-state index is -3.91. The van der Waals surface area contributed by atoms with E-state index in [1.807, 2.05) is 0 Å². The van der Waals surface area contributed by atoms with Crippen molar-refractivity contribution >= 4 is 33.2 Å². The predicted molar refractivity (Wildman–Crippen MR) is 72.2 cm³/mol. The van der Waals surface area contributed by atoms with Crippen molar-refractivity contribution < 1.29 is 18.0 Å². The first-order valence-electron chi connectivity index (χ1n) is 5.73. The van der Waals surface area contributed by atoms with Gasteiger partial charge in [0.25, 0.3) is 0 Å². The molecule has 1 heterocycles. The molecule has 0 radical (unpaired) electrons. The molecule has 1 unspecified atom stereocenters. The van der Waals surface area contributed by atoms with Gasteiger partial charge in [0.05, 0.1) is 12.2 Å². The molecule has 1 aromatic carbocycles. The second-order valence-electron chi connectivity index (χ2n) is 4.48. The van der Waals surface area contributed by atoms with Crippen molar-refractivity contribution in [2.75, 3.05) is 17.2 Å². The highest BCUT2D eigenvalue weighted by Gasteiger charge is 2.30. The van der Waals surface area contributed by atoms with Gasteiger partial charge in [-0.1, -0.05) is 0 Å². The molecule has 5 N–H and O–H groups in total. The molecule has 1 saturated heterocycles. The molecular weight excluding hydrogens is 284 g/mol. The fraction of sp³-hybridized carbons (Fsp3) is 0.273. The maximum Gasteiger partial charge on any atom is 0.249 e. The Morgan fingerprint density at radius 1 is 1.35 bits per heavy atom. The van der Waals surface area contributed by atoms with E-state index in [9.17, 15) is 18.0 Å². The Bertz CT molecular complexity index is 686. The maximum atomic E-state index is 11.6. The van der Waals surface area contributed by atoms with Gasteiger partial charge in [-0.2, -0.15) is 0 Å². The van der Waals surface area contributed by atoms with Crippen LogP contribution in [0.25, 0.3) is 0 Å². The molecule has 1 aromatic rings. The zero-order chi connectivity index (χ0) is 15.1. The van der Waals surface area contributed by atoms with Gasteiger partial charge in [0.2, 0.25) is 21.8 Å². The van der Waals surface area contributed by atoms with Crippen LogP contribution in [0.15, 0.2) is 23.1 Å². The summed E-state index contributed by atoms with van der Waals surface area (Å²) in [5.41, 5.74) is 6.10. The lowest BCUT2D eigenvalue weighted by atomic mass is 10.1. The third-order valence-electron chi connectivity index (χ3n) is 3.06. The fourth-order valence-electron chi connectivity index (χ4n) is 2.00. The number of primary sulfonamides is 1. The van der Waals surface area contributed by atoms with E-state index >= 15 is 0 Å². The summed E-state index contributed by atoms with van der Waals surface area (Å²) in [4.78, 5) is 24.3. The molecule has 1 aliphatic rings. The number of carbonyl (C=O) groups is 2. The number of imide groups is 1. The molecule has 0 spiro atoms. The Kier molecular flexibility index (Phi) is 3.40. The number of amides is 2. The SMILES string of the molecule is CC1C(=O)NC(=O)CN1c1ccc(S(N)(=O)=O)c(N)c1. The van der Waals surface area contributed by atoms with E-state index in [-0.39, 0.29) is 17.1 Å². The number of rotatable bonds is 2. The summed E-state index contributed by atoms with van der Waals surface area (Å²) in [6.07, 6.45) is 0. The van der Waals surface area contributed by atoms with Gasteiger partial charge in [0.1, 0.15) is 10.9 Å². The molecule has 2 rings (SSSR count). The number of benzene rings is 1. The second kappa shape index (κ2) is 4.76. The number of anilines is 2. The Morgan fingerprint density at radius 2 is 2.00 bits per heavy atom. The number of carbonyl (C=O) groups excluding carboxylic acids is 2. The molecule has 0 saturated carbocycles. The lowest BCUT2D eigenvalue weighted by Crippen LogP contribution is -2.57. The number of hydrogen-bond acceptors (Lipinski definition) is 6. The number of nitrogens with one attached hydrogen (secondary N) is 1. The largest absolute Gasteiger partial charge is 0.398 e. The zero-order valence-corrected chi connectivity index (χ0v) is 11.5. The van der Waals surface area contributed by atoms with Gasteiger partial charge in [-0.15, -0.1) is 0 Å². The van der Waals surface area contributed by atoms with E-state index in [0.29, 0.717) is 5.69 Å². The number of piperazine rings is 1. The van der Waals surface area contributed by atoms with Crippen molar-refractivity contribution in [3.05, 3.63) is 18.2 Å².